The van der Waals surface area contributed by atoms with E-state index in [1.165, 1.54) is 54.5 Å². The van der Waals surface area contributed by atoms with E-state index in [0.29, 0.717) is 9.94 Å². The molecule has 10 heteroatoms. The highest BCUT2D eigenvalue weighted by Crippen LogP contribution is 2.41. The van der Waals surface area contributed by atoms with Crippen LogP contribution < -0.4 is 5.46 Å². The lowest BCUT2D eigenvalue weighted by Gasteiger charge is -2.05. The van der Waals surface area contributed by atoms with Gasteiger partial charge in [0.15, 0.2) is 0 Å². The predicted molar refractivity (Wildman–Crippen MR) is 195 cm³/mol. The van der Waals surface area contributed by atoms with Crippen LogP contribution in [0.4, 0.5) is 0 Å². The molecule has 228 valence electrons. The maximum atomic E-state index is 9.71. The molecule has 8 aromatic rings. The largest absolute Gasteiger partial charge is 0.508 e. The summed E-state index contributed by atoms with van der Waals surface area (Å²) in [5.41, 5.74) is 2.43. The molecule has 0 aliphatic carbocycles. The van der Waals surface area contributed by atoms with Crippen LogP contribution in [0.3, 0.4) is 0 Å². The number of halogens is 1. The topological polar surface area (TPSA) is 121 Å². The van der Waals surface area contributed by atoms with Gasteiger partial charge in [0, 0.05) is 51.6 Å². The molecule has 0 fully saturated rings. The zero-order chi connectivity index (χ0) is 32.4. The van der Waals surface area contributed by atoms with E-state index >= 15 is 0 Å². The Morgan fingerprint density at radius 2 is 0.935 bits per heavy atom. The number of aromatic hydroxyl groups is 4. The summed E-state index contributed by atoms with van der Waals surface area (Å²) >= 11 is 6.42. The van der Waals surface area contributed by atoms with Gasteiger partial charge in [0.1, 0.15) is 23.0 Å². The zero-order valence-electron chi connectivity index (χ0n) is 24.0. The van der Waals surface area contributed by atoms with Gasteiger partial charge in [0.25, 0.3) is 0 Å². The third kappa shape index (κ3) is 6.67. The van der Waals surface area contributed by atoms with Gasteiger partial charge in [-0.1, -0.05) is 88.7 Å². The molecule has 0 aliphatic rings. The van der Waals surface area contributed by atoms with Gasteiger partial charge in [-0.05, 0) is 58.4 Å². The summed E-state index contributed by atoms with van der Waals surface area (Å²) in [4.78, 5) is 0. The molecule has 0 unspecified atom stereocenters. The summed E-state index contributed by atoms with van der Waals surface area (Å²) in [6.45, 7) is 0. The molecule has 46 heavy (non-hydrogen) atoms. The number of hydrogen-bond acceptors (Lipinski definition) is 8. The number of phenols is 4. The Hall–Kier alpha value is -4.58. The second-order valence-electron chi connectivity index (χ2n) is 10.4. The van der Waals surface area contributed by atoms with E-state index in [2.05, 4.69) is 40.2 Å². The van der Waals surface area contributed by atoms with Crippen LogP contribution in [0.15, 0.2) is 126 Å². The van der Waals surface area contributed by atoms with Gasteiger partial charge in [0.2, 0.25) is 0 Å². The SMILES string of the molecule is OB(O)c1cccc2c1sc1ccccc12.Oc1cc(O)cc(-c2cccc3c2sc2ccccc23)c1.Oc1cc(O)cc(Br)c1. The molecule has 0 bridgehead atoms. The number of benzene rings is 6. The second kappa shape index (κ2) is 13.4. The number of thiophene rings is 2. The van der Waals surface area contributed by atoms with E-state index in [1.54, 1.807) is 40.9 Å². The van der Waals surface area contributed by atoms with E-state index in [-0.39, 0.29) is 23.0 Å². The van der Waals surface area contributed by atoms with Gasteiger partial charge in [-0.3, -0.25) is 0 Å². The van der Waals surface area contributed by atoms with Gasteiger partial charge in [-0.2, -0.15) is 0 Å². The van der Waals surface area contributed by atoms with Gasteiger partial charge in [-0.25, -0.2) is 0 Å². The van der Waals surface area contributed by atoms with E-state index < -0.39 is 7.12 Å². The molecule has 8 rings (SSSR count). The fourth-order valence-corrected chi connectivity index (χ4v) is 8.20. The lowest BCUT2D eigenvalue weighted by molar-refractivity contribution is 0.426. The van der Waals surface area contributed by atoms with Crippen LogP contribution in [-0.4, -0.2) is 37.6 Å². The third-order valence-corrected chi connectivity index (χ3v) is 10.1. The monoisotopic (exact) mass is 708 g/mol. The Morgan fingerprint density at radius 3 is 1.48 bits per heavy atom. The van der Waals surface area contributed by atoms with Gasteiger partial charge in [0.05, 0.1) is 0 Å². The van der Waals surface area contributed by atoms with Crippen LogP contribution in [0.1, 0.15) is 0 Å². The smallest absolute Gasteiger partial charge is 0.489 e. The van der Waals surface area contributed by atoms with Crippen molar-refractivity contribution in [2.75, 3.05) is 0 Å². The minimum atomic E-state index is -1.41. The molecule has 0 radical (unpaired) electrons. The molecular weight excluding hydrogens is 683 g/mol. The Balaban J connectivity index is 0.000000131. The van der Waals surface area contributed by atoms with Crippen molar-refractivity contribution in [1.29, 1.82) is 0 Å². The van der Waals surface area contributed by atoms with Crippen LogP contribution in [0.25, 0.3) is 51.5 Å². The predicted octanol–water partition coefficient (Wildman–Crippen LogP) is 8.73. The van der Waals surface area contributed by atoms with Gasteiger partial charge < -0.3 is 30.5 Å². The molecule has 0 saturated heterocycles. The van der Waals surface area contributed by atoms with Crippen molar-refractivity contribution < 1.29 is 30.5 Å². The van der Waals surface area contributed by atoms with Crippen LogP contribution in [-0.2, 0) is 0 Å². The van der Waals surface area contributed by atoms with Gasteiger partial charge in [-0.15, -0.1) is 22.7 Å². The Bertz CT molecular complexity index is 2260. The highest BCUT2D eigenvalue weighted by atomic mass is 79.9. The number of rotatable bonds is 2. The lowest BCUT2D eigenvalue weighted by atomic mass is 9.80. The molecule has 0 aliphatic heterocycles. The molecule has 0 saturated carbocycles. The van der Waals surface area contributed by atoms with Crippen molar-refractivity contribution in [3.63, 3.8) is 0 Å². The minimum Gasteiger partial charge on any atom is -0.508 e. The van der Waals surface area contributed by atoms with Crippen molar-refractivity contribution in [2.45, 2.75) is 0 Å². The fraction of sp³-hybridized carbons (Fsp3) is 0. The Labute approximate surface area is 280 Å². The van der Waals surface area contributed by atoms with Crippen LogP contribution >= 0.6 is 38.6 Å². The maximum Gasteiger partial charge on any atom is 0.489 e. The maximum absolute atomic E-state index is 9.71. The molecule has 6 N–H and O–H groups in total. The highest BCUT2D eigenvalue weighted by Gasteiger charge is 2.17. The summed E-state index contributed by atoms with van der Waals surface area (Å²) in [5, 5.41) is 60.4. The van der Waals surface area contributed by atoms with Gasteiger partial charge >= 0.3 is 7.12 Å². The molecular formula is C36H26BBrO6S2. The first kappa shape index (κ1) is 31.4. The average molecular weight is 709 g/mol. The van der Waals surface area contributed by atoms with Crippen LogP contribution in [0, 0.1) is 0 Å². The summed E-state index contributed by atoms with van der Waals surface area (Å²) in [6.07, 6.45) is 0. The van der Waals surface area contributed by atoms with Crippen LogP contribution in [0.2, 0.25) is 0 Å². The zero-order valence-corrected chi connectivity index (χ0v) is 27.2. The molecule has 0 spiro atoms. The van der Waals surface area contributed by atoms with Crippen molar-refractivity contribution in [3.8, 4) is 34.1 Å². The van der Waals surface area contributed by atoms with Crippen molar-refractivity contribution >= 4 is 91.5 Å². The fourth-order valence-electron chi connectivity index (χ4n) is 5.26. The summed E-state index contributed by atoms with van der Waals surface area (Å²) in [6, 6.07) is 37.2. The third-order valence-electron chi connectivity index (χ3n) is 7.20. The molecule has 0 atom stereocenters. The quantitative estimate of drug-likeness (QED) is 0.1000. The first-order valence-corrected chi connectivity index (χ1v) is 16.5. The standard InChI is InChI=1S/C18H12O2S.C12H9BO2S.C6H5BrO2/c19-12-8-11(9-13(20)10-12)14-5-3-6-16-15-4-1-2-7-17(15)21-18(14)16;14-13(15)10-6-3-5-9-8-4-1-2-7-11(8)16-12(9)10;7-4-1-5(8)3-6(9)2-4/h1-10,19-20H;1-7,14-15H;1-3,8-9H. The van der Waals surface area contributed by atoms with Crippen LogP contribution in [0.5, 0.6) is 23.0 Å². The summed E-state index contributed by atoms with van der Waals surface area (Å²) in [7, 11) is -1.41. The van der Waals surface area contributed by atoms with E-state index in [1.807, 2.05) is 54.6 Å². The number of fused-ring (bicyclic) bond motifs is 6. The number of phenolic OH excluding ortho intramolecular Hbond substituents is 4. The van der Waals surface area contributed by atoms with E-state index in [0.717, 1.165) is 21.2 Å². The average Bonchev–Trinajstić information content (AvgIpc) is 3.59. The highest BCUT2D eigenvalue weighted by molar-refractivity contribution is 9.10. The summed E-state index contributed by atoms with van der Waals surface area (Å²) in [5.74, 6) is 0.259. The Morgan fingerprint density at radius 1 is 0.478 bits per heavy atom. The molecule has 2 heterocycles. The lowest BCUT2D eigenvalue weighted by Crippen LogP contribution is -2.29. The van der Waals surface area contributed by atoms with E-state index in [9.17, 15) is 20.3 Å². The molecule has 0 amide bonds. The first-order valence-electron chi connectivity index (χ1n) is 14.1. The Kier molecular flexibility index (Phi) is 9.16. The number of hydrogen-bond donors (Lipinski definition) is 6. The molecule has 2 aromatic heterocycles. The molecule has 6 aromatic carbocycles. The minimum absolute atomic E-state index is 0.0573. The second-order valence-corrected chi connectivity index (χ2v) is 13.4. The van der Waals surface area contributed by atoms with Crippen molar-refractivity contribution in [1.82, 2.24) is 0 Å². The first-order chi connectivity index (χ1) is 22.2. The van der Waals surface area contributed by atoms with E-state index in [4.69, 9.17) is 10.2 Å². The summed E-state index contributed by atoms with van der Waals surface area (Å²) < 4.78 is 5.21. The molecule has 6 nitrogen and oxygen atoms in total. The van der Waals surface area contributed by atoms with Crippen molar-refractivity contribution in [2.24, 2.45) is 0 Å². The van der Waals surface area contributed by atoms with Crippen molar-refractivity contribution in [3.05, 3.63) is 126 Å². The normalized spacial score (nSPS) is 10.8.